The summed E-state index contributed by atoms with van der Waals surface area (Å²) in [5, 5.41) is 4.48. The molecule has 0 aliphatic heterocycles. The Morgan fingerprint density at radius 1 is 1.19 bits per heavy atom. The van der Waals surface area contributed by atoms with Gasteiger partial charge in [0.05, 0.1) is 5.69 Å². The predicted molar refractivity (Wildman–Crippen MR) is 89.1 cm³/mol. The van der Waals surface area contributed by atoms with Crippen LogP contribution in [0.4, 0.5) is 0 Å². The van der Waals surface area contributed by atoms with Crippen LogP contribution in [0.15, 0.2) is 18.2 Å². The zero-order valence-electron chi connectivity index (χ0n) is 13.5. The molecular weight excluding hydrogens is 280 g/mol. The Kier molecular flexibility index (Phi) is 5.37. The number of rotatable bonds is 6. The summed E-state index contributed by atoms with van der Waals surface area (Å²) in [7, 11) is 0. The molecule has 1 aromatic heterocycles. The van der Waals surface area contributed by atoms with E-state index in [1.807, 2.05) is 0 Å². The zero-order chi connectivity index (χ0) is 15.4. The van der Waals surface area contributed by atoms with E-state index >= 15 is 0 Å². The fourth-order valence-electron chi connectivity index (χ4n) is 2.17. The monoisotopic (exact) mass is 304 g/mol. The number of benzene rings is 1. The van der Waals surface area contributed by atoms with Crippen LogP contribution in [0, 0.1) is 20.8 Å². The minimum atomic E-state index is 0.487. The van der Waals surface area contributed by atoms with Crippen LogP contribution < -0.4 is 10.1 Å². The summed E-state index contributed by atoms with van der Waals surface area (Å²) >= 11 is 1.73. The van der Waals surface area contributed by atoms with Crippen molar-refractivity contribution in [3.8, 4) is 5.75 Å². The summed E-state index contributed by atoms with van der Waals surface area (Å²) in [6.45, 7) is 11.9. The summed E-state index contributed by atoms with van der Waals surface area (Å²) in [5.41, 5.74) is 3.45. The van der Waals surface area contributed by atoms with Gasteiger partial charge in [-0.1, -0.05) is 32.0 Å². The molecule has 1 N–H and O–H groups in total. The average Bonchev–Trinajstić information content (AvgIpc) is 2.76. The van der Waals surface area contributed by atoms with Crippen LogP contribution in [-0.4, -0.2) is 11.0 Å². The number of aryl methyl sites for hydroxylation is 3. The third kappa shape index (κ3) is 4.29. The third-order valence-electron chi connectivity index (χ3n) is 3.36. The number of hydrogen-bond donors (Lipinski definition) is 1. The Balaban J connectivity index is 2.02. The van der Waals surface area contributed by atoms with Crippen molar-refractivity contribution < 1.29 is 4.74 Å². The molecule has 0 aliphatic carbocycles. The van der Waals surface area contributed by atoms with Crippen LogP contribution in [0.5, 0.6) is 5.75 Å². The van der Waals surface area contributed by atoms with Gasteiger partial charge >= 0.3 is 0 Å². The Hall–Kier alpha value is -1.39. The minimum absolute atomic E-state index is 0.487. The maximum atomic E-state index is 5.98. The highest BCUT2D eigenvalue weighted by molar-refractivity contribution is 7.11. The van der Waals surface area contributed by atoms with Gasteiger partial charge in [-0.2, -0.15) is 0 Å². The van der Waals surface area contributed by atoms with E-state index in [0.717, 1.165) is 23.0 Å². The zero-order valence-corrected chi connectivity index (χ0v) is 14.3. The molecule has 0 aliphatic rings. The molecule has 21 heavy (non-hydrogen) atoms. The number of thiazole rings is 1. The topological polar surface area (TPSA) is 34.1 Å². The van der Waals surface area contributed by atoms with Gasteiger partial charge in [-0.15, -0.1) is 11.3 Å². The fourth-order valence-corrected chi connectivity index (χ4v) is 3.11. The molecule has 114 valence electrons. The third-order valence-corrected chi connectivity index (χ3v) is 4.49. The van der Waals surface area contributed by atoms with Gasteiger partial charge in [0, 0.05) is 17.5 Å². The Bertz CT molecular complexity index is 585. The lowest BCUT2D eigenvalue weighted by molar-refractivity contribution is 0.301. The van der Waals surface area contributed by atoms with Crippen LogP contribution in [0.25, 0.3) is 0 Å². The summed E-state index contributed by atoms with van der Waals surface area (Å²) in [6, 6.07) is 6.70. The van der Waals surface area contributed by atoms with Crippen molar-refractivity contribution in [3.63, 3.8) is 0 Å². The van der Waals surface area contributed by atoms with Gasteiger partial charge in [0.15, 0.2) is 0 Å². The van der Waals surface area contributed by atoms with Crippen LogP contribution in [0.2, 0.25) is 0 Å². The Morgan fingerprint density at radius 2 is 1.86 bits per heavy atom. The van der Waals surface area contributed by atoms with Gasteiger partial charge in [-0.3, -0.25) is 0 Å². The summed E-state index contributed by atoms with van der Waals surface area (Å²) < 4.78 is 5.98. The molecule has 0 amide bonds. The van der Waals surface area contributed by atoms with Gasteiger partial charge in [0.25, 0.3) is 0 Å². The first kappa shape index (κ1) is 16.0. The van der Waals surface area contributed by atoms with Gasteiger partial charge in [0.2, 0.25) is 0 Å². The molecule has 1 heterocycles. The molecule has 0 saturated carbocycles. The number of nitrogens with zero attached hydrogens (tertiary/aromatic N) is 1. The Labute approximate surface area is 131 Å². The second-order valence-corrected chi connectivity index (χ2v) is 6.83. The summed E-state index contributed by atoms with van der Waals surface area (Å²) in [5.74, 6) is 0.979. The second kappa shape index (κ2) is 7.05. The number of hydrogen-bond acceptors (Lipinski definition) is 4. The molecule has 3 nitrogen and oxygen atoms in total. The maximum Gasteiger partial charge on any atom is 0.140 e. The van der Waals surface area contributed by atoms with Gasteiger partial charge in [-0.25, -0.2) is 4.98 Å². The van der Waals surface area contributed by atoms with Gasteiger partial charge < -0.3 is 10.1 Å². The maximum absolute atomic E-state index is 5.98. The van der Waals surface area contributed by atoms with Crippen LogP contribution in [0.1, 0.15) is 40.6 Å². The SMILES string of the molecule is Cc1cccc(C)c1OCc1nc(C)c(CNC(C)C)s1. The second-order valence-electron chi connectivity index (χ2n) is 5.66. The van der Waals surface area contributed by atoms with E-state index in [0.29, 0.717) is 12.6 Å². The molecule has 0 saturated heterocycles. The highest BCUT2D eigenvalue weighted by atomic mass is 32.1. The van der Waals surface area contributed by atoms with Crippen molar-refractivity contribution in [2.24, 2.45) is 0 Å². The standard InChI is InChI=1S/C17H24N2OS/c1-11(2)18-9-15-14(5)19-16(21-15)10-20-17-12(3)7-6-8-13(17)4/h6-8,11,18H,9-10H2,1-5H3. The molecule has 4 heteroatoms. The van der Waals surface area contributed by atoms with E-state index in [-0.39, 0.29) is 0 Å². The molecule has 0 bridgehead atoms. The normalized spacial score (nSPS) is 11.1. The van der Waals surface area contributed by atoms with Gasteiger partial charge in [0.1, 0.15) is 17.4 Å². The highest BCUT2D eigenvalue weighted by Crippen LogP contribution is 2.25. The highest BCUT2D eigenvalue weighted by Gasteiger charge is 2.10. The Morgan fingerprint density at radius 3 is 2.48 bits per heavy atom. The first-order valence-electron chi connectivity index (χ1n) is 7.35. The number of nitrogens with one attached hydrogen (secondary N) is 1. The van der Waals surface area contributed by atoms with Crippen molar-refractivity contribution in [1.82, 2.24) is 10.3 Å². The van der Waals surface area contributed by atoms with Crippen molar-refractivity contribution in [3.05, 3.63) is 44.9 Å². The first-order chi connectivity index (χ1) is 9.97. The molecule has 2 rings (SSSR count). The van der Waals surface area contributed by atoms with Crippen molar-refractivity contribution in [1.29, 1.82) is 0 Å². The van der Waals surface area contributed by atoms with Crippen molar-refractivity contribution >= 4 is 11.3 Å². The molecule has 2 aromatic rings. The minimum Gasteiger partial charge on any atom is -0.486 e. The number of aromatic nitrogens is 1. The smallest absolute Gasteiger partial charge is 0.140 e. The molecule has 0 unspecified atom stereocenters. The predicted octanol–water partition coefficient (Wildman–Crippen LogP) is 4.15. The molecule has 1 aromatic carbocycles. The molecule has 0 atom stereocenters. The van der Waals surface area contributed by atoms with E-state index in [1.165, 1.54) is 16.0 Å². The first-order valence-corrected chi connectivity index (χ1v) is 8.16. The van der Waals surface area contributed by atoms with Gasteiger partial charge in [-0.05, 0) is 31.9 Å². The van der Waals surface area contributed by atoms with E-state index in [1.54, 1.807) is 11.3 Å². The number of para-hydroxylation sites is 1. The lowest BCUT2D eigenvalue weighted by atomic mass is 10.1. The fraction of sp³-hybridized carbons (Fsp3) is 0.471. The van der Waals surface area contributed by atoms with E-state index in [2.05, 4.69) is 63.1 Å². The molecule has 0 radical (unpaired) electrons. The molecule has 0 spiro atoms. The summed E-state index contributed by atoms with van der Waals surface area (Å²) in [6.07, 6.45) is 0. The van der Waals surface area contributed by atoms with Crippen LogP contribution in [0.3, 0.4) is 0 Å². The van der Waals surface area contributed by atoms with E-state index in [4.69, 9.17) is 4.74 Å². The van der Waals surface area contributed by atoms with E-state index < -0.39 is 0 Å². The lowest BCUT2D eigenvalue weighted by Gasteiger charge is -2.10. The average molecular weight is 304 g/mol. The van der Waals surface area contributed by atoms with Crippen LogP contribution >= 0.6 is 11.3 Å². The quantitative estimate of drug-likeness (QED) is 0.870. The summed E-state index contributed by atoms with van der Waals surface area (Å²) in [4.78, 5) is 5.91. The molecule has 0 fully saturated rings. The largest absolute Gasteiger partial charge is 0.486 e. The van der Waals surface area contributed by atoms with Crippen molar-refractivity contribution in [2.75, 3.05) is 0 Å². The van der Waals surface area contributed by atoms with Crippen LogP contribution in [-0.2, 0) is 13.2 Å². The van der Waals surface area contributed by atoms with Crippen molar-refractivity contribution in [2.45, 2.75) is 53.8 Å². The number of ether oxygens (including phenoxy) is 1. The lowest BCUT2D eigenvalue weighted by Crippen LogP contribution is -2.21. The molecular formula is C17H24N2OS. The van der Waals surface area contributed by atoms with E-state index in [9.17, 15) is 0 Å².